The maximum absolute atomic E-state index is 3.39. The Bertz CT molecular complexity index is 360. The smallest absolute Gasteiger partial charge is 0.0215 e. The van der Waals surface area contributed by atoms with Crippen LogP contribution in [0.3, 0.4) is 0 Å². The molecular formula is C17H23Br. The summed E-state index contributed by atoms with van der Waals surface area (Å²) in [6, 6.07) is 8.79. The van der Waals surface area contributed by atoms with Crippen LogP contribution in [0.1, 0.15) is 43.7 Å². The van der Waals surface area contributed by atoms with E-state index in [-0.39, 0.29) is 0 Å². The third kappa shape index (κ3) is 6.80. The van der Waals surface area contributed by atoms with Crippen molar-refractivity contribution in [1.82, 2.24) is 0 Å². The third-order valence-corrected chi connectivity index (χ3v) is 3.25. The largest absolute Gasteiger partial charge is 0.0883 e. The van der Waals surface area contributed by atoms with Gasteiger partial charge in [-0.1, -0.05) is 84.3 Å². The molecule has 0 amide bonds. The van der Waals surface area contributed by atoms with Crippen molar-refractivity contribution in [2.24, 2.45) is 0 Å². The number of hydrogen-bond donors (Lipinski definition) is 0. The number of halogens is 1. The number of benzene rings is 1. The molecule has 0 nitrogen and oxygen atoms in total. The van der Waals surface area contributed by atoms with E-state index in [0.717, 1.165) is 11.8 Å². The minimum atomic E-state index is 0.912. The number of alkyl halides is 1. The van der Waals surface area contributed by atoms with Gasteiger partial charge in [0.25, 0.3) is 0 Å². The molecule has 18 heavy (non-hydrogen) atoms. The molecule has 0 saturated carbocycles. The number of rotatable bonds is 8. The van der Waals surface area contributed by atoms with Gasteiger partial charge in [-0.15, -0.1) is 0 Å². The molecule has 1 aromatic rings. The molecule has 0 bridgehead atoms. The van der Waals surface area contributed by atoms with E-state index in [0.29, 0.717) is 0 Å². The molecule has 0 N–H and O–H groups in total. The zero-order valence-electron chi connectivity index (χ0n) is 11.2. The molecule has 1 aromatic carbocycles. The van der Waals surface area contributed by atoms with E-state index in [9.17, 15) is 0 Å². The summed E-state index contributed by atoms with van der Waals surface area (Å²) >= 11 is 3.39. The normalized spacial score (nSPS) is 11.7. The third-order valence-electron chi connectivity index (χ3n) is 2.87. The average Bonchev–Trinajstić information content (AvgIpc) is 2.42. The van der Waals surface area contributed by atoms with Crippen LogP contribution in [0.2, 0.25) is 0 Å². The molecule has 1 heteroatoms. The molecule has 0 heterocycles. The predicted molar refractivity (Wildman–Crippen MR) is 86.3 cm³/mol. The second-order valence-corrected chi connectivity index (χ2v) is 5.12. The van der Waals surface area contributed by atoms with Crippen LogP contribution in [-0.2, 0) is 6.42 Å². The minimum Gasteiger partial charge on any atom is -0.0883 e. The van der Waals surface area contributed by atoms with Crippen LogP contribution < -0.4 is 0 Å². The van der Waals surface area contributed by atoms with Gasteiger partial charge in [0.2, 0.25) is 0 Å². The van der Waals surface area contributed by atoms with Crippen molar-refractivity contribution in [2.75, 3.05) is 5.33 Å². The Morgan fingerprint density at radius 2 is 1.78 bits per heavy atom. The lowest BCUT2D eigenvalue weighted by molar-refractivity contribution is 0.728. The Kier molecular flexibility index (Phi) is 8.58. The summed E-state index contributed by atoms with van der Waals surface area (Å²) in [7, 11) is 0. The van der Waals surface area contributed by atoms with E-state index >= 15 is 0 Å². The van der Waals surface area contributed by atoms with Crippen molar-refractivity contribution in [3.8, 4) is 0 Å². The van der Waals surface area contributed by atoms with E-state index in [4.69, 9.17) is 0 Å². The highest BCUT2D eigenvalue weighted by Crippen LogP contribution is 2.08. The fraction of sp³-hybridized carbons (Fsp3) is 0.412. The molecule has 0 aromatic heterocycles. The Morgan fingerprint density at radius 1 is 1.00 bits per heavy atom. The van der Waals surface area contributed by atoms with Crippen LogP contribution in [0, 0.1) is 0 Å². The highest BCUT2D eigenvalue weighted by Gasteiger charge is 1.90. The molecule has 98 valence electrons. The zero-order valence-corrected chi connectivity index (χ0v) is 12.8. The quantitative estimate of drug-likeness (QED) is 0.325. The summed E-state index contributed by atoms with van der Waals surface area (Å²) in [5.74, 6) is 0. The summed E-state index contributed by atoms with van der Waals surface area (Å²) in [6.07, 6.45) is 15.1. The average molecular weight is 307 g/mol. The molecule has 0 atom stereocenters. The van der Waals surface area contributed by atoms with Gasteiger partial charge in [0.15, 0.2) is 0 Å². The van der Waals surface area contributed by atoms with Crippen molar-refractivity contribution in [2.45, 2.75) is 39.0 Å². The SMILES string of the molecule is CCCCC/C=C\Cc1ccc(/C=C/CBr)cc1. The molecule has 0 radical (unpaired) electrons. The highest BCUT2D eigenvalue weighted by atomic mass is 79.9. The van der Waals surface area contributed by atoms with Crippen LogP contribution in [0.4, 0.5) is 0 Å². The molecule has 0 aliphatic heterocycles. The fourth-order valence-corrected chi connectivity index (χ4v) is 1.98. The summed E-state index contributed by atoms with van der Waals surface area (Å²) in [4.78, 5) is 0. The molecule has 0 spiro atoms. The first kappa shape index (κ1) is 15.2. The number of allylic oxidation sites excluding steroid dienone is 3. The maximum atomic E-state index is 3.39. The predicted octanol–water partition coefficient (Wildman–Crippen LogP) is 5.77. The van der Waals surface area contributed by atoms with E-state index in [2.05, 4.69) is 71.4 Å². The van der Waals surface area contributed by atoms with Gasteiger partial charge in [-0.25, -0.2) is 0 Å². The molecule has 0 fully saturated rings. The first-order valence-corrected chi connectivity index (χ1v) is 7.95. The lowest BCUT2D eigenvalue weighted by Gasteiger charge is -1.98. The van der Waals surface area contributed by atoms with Crippen molar-refractivity contribution in [3.63, 3.8) is 0 Å². The van der Waals surface area contributed by atoms with E-state index in [1.165, 1.54) is 36.8 Å². The summed E-state index contributed by atoms with van der Waals surface area (Å²) < 4.78 is 0. The van der Waals surface area contributed by atoms with Gasteiger partial charge in [0, 0.05) is 5.33 Å². The molecule has 0 aliphatic carbocycles. The number of hydrogen-bond acceptors (Lipinski definition) is 0. The van der Waals surface area contributed by atoms with E-state index < -0.39 is 0 Å². The summed E-state index contributed by atoms with van der Waals surface area (Å²) in [5.41, 5.74) is 2.66. The van der Waals surface area contributed by atoms with Gasteiger partial charge in [-0.05, 0) is 30.4 Å². The monoisotopic (exact) mass is 306 g/mol. The van der Waals surface area contributed by atoms with E-state index in [1.54, 1.807) is 0 Å². The van der Waals surface area contributed by atoms with Crippen molar-refractivity contribution < 1.29 is 0 Å². The Morgan fingerprint density at radius 3 is 2.44 bits per heavy atom. The van der Waals surface area contributed by atoms with Crippen LogP contribution in [-0.4, -0.2) is 5.33 Å². The lowest BCUT2D eigenvalue weighted by Crippen LogP contribution is -1.81. The molecule has 0 unspecified atom stereocenters. The van der Waals surface area contributed by atoms with E-state index in [1.807, 2.05) is 0 Å². The van der Waals surface area contributed by atoms with Crippen LogP contribution in [0.5, 0.6) is 0 Å². The molecule has 0 saturated heterocycles. The van der Waals surface area contributed by atoms with Gasteiger partial charge in [-0.2, -0.15) is 0 Å². The molecule has 0 aliphatic rings. The standard InChI is InChI=1S/C17H23Br/c1-2-3-4-5-6-7-9-16-11-13-17(14-12-16)10-8-15-18/h6-8,10-14H,2-5,9,15H2,1H3/b7-6-,10-8+. The van der Waals surface area contributed by atoms with Gasteiger partial charge in [0.05, 0.1) is 0 Å². The zero-order chi connectivity index (χ0) is 13.1. The maximum Gasteiger partial charge on any atom is 0.0215 e. The number of unbranched alkanes of at least 4 members (excludes halogenated alkanes) is 3. The Balaban J connectivity index is 2.32. The first-order valence-electron chi connectivity index (χ1n) is 6.83. The summed E-state index contributed by atoms with van der Waals surface area (Å²) in [6.45, 7) is 2.25. The second kappa shape index (κ2) is 10.1. The Labute approximate surface area is 120 Å². The van der Waals surface area contributed by atoms with Crippen molar-refractivity contribution in [1.29, 1.82) is 0 Å². The van der Waals surface area contributed by atoms with Gasteiger partial charge < -0.3 is 0 Å². The van der Waals surface area contributed by atoms with Crippen molar-refractivity contribution >= 4 is 22.0 Å². The topological polar surface area (TPSA) is 0 Å². The minimum absolute atomic E-state index is 0.912. The Hall–Kier alpha value is -0.820. The second-order valence-electron chi connectivity index (χ2n) is 4.47. The highest BCUT2D eigenvalue weighted by molar-refractivity contribution is 9.09. The lowest BCUT2D eigenvalue weighted by atomic mass is 10.1. The van der Waals surface area contributed by atoms with Crippen molar-refractivity contribution in [3.05, 3.63) is 53.6 Å². The summed E-state index contributed by atoms with van der Waals surface area (Å²) in [5, 5.41) is 0.912. The van der Waals surface area contributed by atoms with Gasteiger partial charge in [0.1, 0.15) is 0 Å². The van der Waals surface area contributed by atoms with Crippen LogP contribution in [0.25, 0.3) is 6.08 Å². The van der Waals surface area contributed by atoms with Gasteiger partial charge >= 0.3 is 0 Å². The molecular weight excluding hydrogens is 284 g/mol. The molecule has 1 rings (SSSR count). The van der Waals surface area contributed by atoms with Crippen LogP contribution in [0.15, 0.2) is 42.5 Å². The van der Waals surface area contributed by atoms with Crippen LogP contribution >= 0.6 is 15.9 Å². The first-order chi connectivity index (χ1) is 8.86. The fourth-order valence-electron chi connectivity index (χ4n) is 1.79. The van der Waals surface area contributed by atoms with Gasteiger partial charge in [-0.3, -0.25) is 0 Å².